The lowest BCUT2D eigenvalue weighted by molar-refractivity contribution is -0.114. The largest absolute Gasteiger partial charge is 0.326 e. The van der Waals surface area contributed by atoms with E-state index in [1.807, 2.05) is 12.1 Å². The monoisotopic (exact) mass is 416 g/mol. The van der Waals surface area contributed by atoms with Gasteiger partial charge in [0, 0.05) is 50.7 Å². The van der Waals surface area contributed by atoms with Gasteiger partial charge in [-0.2, -0.15) is 4.31 Å². The molecule has 1 atom stereocenters. The first kappa shape index (κ1) is 21.4. The Kier molecular flexibility index (Phi) is 7.00. The SMILES string of the molecule is CCN(Cc1ccncc1)C1CCCN(S(=O)(=O)c2ccc(NC(C)=O)cc2)C1. The molecule has 29 heavy (non-hydrogen) atoms. The number of nitrogens with zero attached hydrogens (tertiary/aromatic N) is 3. The molecule has 3 rings (SSSR count). The van der Waals surface area contributed by atoms with Gasteiger partial charge in [-0.15, -0.1) is 0 Å². The summed E-state index contributed by atoms with van der Waals surface area (Å²) in [6.07, 6.45) is 5.38. The Morgan fingerprint density at radius 3 is 2.52 bits per heavy atom. The number of benzene rings is 1. The molecule has 1 unspecified atom stereocenters. The number of aromatic nitrogens is 1. The summed E-state index contributed by atoms with van der Waals surface area (Å²) in [6.45, 7) is 6.17. The van der Waals surface area contributed by atoms with Gasteiger partial charge in [0.1, 0.15) is 0 Å². The zero-order valence-corrected chi connectivity index (χ0v) is 17.7. The normalized spacial score (nSPS) is 18.0. The molecule has 1 aliphatic rings. The molecule has 8 heteroatoms. The summed E-state index contributed by atoms with van der Waals surface area (Å²) in [5, 5.41) is 2.66. The molecule has 2 aromatic rings. The van der Waals surface area contributed by atoms with E-state index in [9.17, 15) is 13.2 Å². The van der Waals surface area contributed by atoms with Crippen LogP contribution in [0.4, 0.5) is 5.69 Å². The molecule has 2 heterocycles. The number of rotatable bonds is 7. The van der Waals surface area contributed by atoms with Gasteiger partial charge in [0.2, 0.25) is 15.9 Å². The van der Waals surface area contributed by atoms with Crippen molar-refractivity contribution >= 4 is 21.6 Å². The van der Waals surface area contributed by atoms with E-state index in [-0.39, 0.29) is 16.8 Å². The molecule has 0 bridgehead atoms. The number of nitrogens with one attached hydrogen (secondary N) is 1. The number of piperidine rings is 1. The van der Waals surface area contributed by atoms with Crippen LogP contribution in [0.25, 0.3) is 0 Å². The first-order chi connectivity index (χ1) is 13.9. The average molecular weight is 417 g/mol. The zero-order chi connectivity index (χ0) is 20.9. The van der Waals surface area contributed by atoms with Crippen LogP contribution >= 0.6 is 0 Å². The van der Waals surface area contributed by atoms with Crippen LogP contribution in [0.3, 0.4) is 0 Å². The summed E-state index contributed by atoms with van der Waals surface area (Å²) in [4.78, 5) is 17.8. The van der Waals surface area contributed by atoms with Crippen LogP contribution in [0, 0.1) is 0 Å². The van der Waals surface area contributed by atoms with Gasteiger partial charge in [0.15, 0.2) is 0 Å². The first-order valence-electron chi connectivity index (χ1n) is 9.91. The molecule has 1 N–H and O–H groups in total. The van der Waals surface area contributed by atoms with E-state index in [1.54, 1.807) is 41.0 Å². The van der Waals surface area contributed by atoms with Crippen LogP contribution in [0.1, 0.15) is 32.3 Å². The van der Waals surface area contributed by atoms with E-state index in [4.69, 9.17) is 0 Å². The van der Waals surface area contributed by atoms with Gasteiger partial charge in [-0.05, 0) is 61.3 Å². The maximum atomic E-state index is 13.1. The Labute approximate surface area is 172 Å². The highest BCUT2D eigenvalue weighted by molar-refractivity contribution is 7.89. The van der Waals surface area contributed by atoms with Crippen molar-refractivity contribution in [1.82, 2.24) is 14.2 Å². The van der Waals surface area contributed by atoms with Crippen molar-refractivity contribution in [2.75, 3.05) is 25.0 Å². The highest BCUT2D eigenvalue weighted by Gasteiger charge is 2.32. The quantitative estimate of drug-likeness (QED) is 0.750. The van der Waals surface area contributed by atoms with E-state index in [2.05, 4.69) is 22.1 Å². The van der Waals surface area contributed by atoms with Crippen LogP contribution in [0.5, 0.6) is 0 Å². The molecule has 1 aromatic carbocycles. The molecule has 0 radical (unpaired) electrons. The van der Waals surface area contributed by atoms with Gasteiger partial charge in [-0.1, -0.05) is 6.92 Å². The average Bonchev–Trinajstić information content (AvgIpc) is 2.73. The summed E-state index contributed by atoms with van der Waals surface area (Å²) in [7, 11) is -3.57. The van der Waals surface area contributed by atoms with Crippen molar-refractivity contribution in [3.05, 3.63) is 54.4 Å². The third-order valence-corrected chi connectivity index (χ3v) is 7.11. The predicted octanol–water partition coefficient (Wildman–Crippen LogP) is 2.72. The van der Waals surface area contributed by atoms with Gasteiger partial charge in [-0.3, -0.25) is 14.7 Å². The third kappa shape index (κ3) is 5.41. The van der Waals surface area contributed by atoms with Crippen LogP contribution in [0.15, 0.2) is 53.7 Å². The summed E-state index contributed by atoms with van der Waals surface area (Å²) >= 11 is 0. The Bertz CT molecular complexity index is 917. The molecule has 1 aliphatic heterocycles. The number of hydrogen-bond acceptors (Lipinski definition) is 5. The highest BCUT2D eigenvalue weighted by atomic mass is 32.2. The topological polar surface area (TPSA) is 82.6 Å². The zero-order valence-electron chi connectivity index (χ0n) is 16.9. The molecule has 0 aliphatic carbocycles. The number of amides is 1. The number of carbonyl (C=O) groups is 1. The summed E-state index contributed by atoms with van der Waals surface area (Å²) in [5.41, 5.74) is 1.76. The van der Waals surface area contributed by atoms with Crippen molar-refractivity contribution < 1.29 is 13.2 Å². The molecular weight excluding hydrogens is 388 g/mol. The molecule has 0 saturated carbocycles. The fraction of sp³-hybridized carbons (Fsp3) is 0.429. The van der Waals surface area contributed by atoms with Crippen LogP contribution in [-0.4, -0.2) is 54.2 Å². The number of pyridine rings is 1. The van der Waals surface area contributed by atoms with E-state index >= 15 is 0 Å². The second kappa shape index (κ2) is 9.47. The van der Waals surface area contributed by atoms with Gasteiger partial charge in [-0.25, -0.2) is 8.42 Å². The standard InChI is InChI=1S/C21H28N4O3S/c1-3-24(15-18-10-12-22-13-11-18)20-5-4-14-25(16-20)29(27,28)21-8-6-19(7-9-21)23-17(2)26/h6-13,20H,3-5,14-16H2,1-2H3,(H,23,26). The second-order valence-corrected chi connectivity index (χ2v) is 9.22. The Morgan fingerprint density at radius 2 is 1.90 bits per heavy atom. The lowest BCUT2D eigenvalue weighted by Gasteiger charge is -2.38. The van der Waals surface area contributed by atoms with Crippen LogP contribution < -0.4 is 5.32 Å². The number of likely N-dealkylation sites (N-methyl/N-ethyl adjacent to an activating group) is 1. The Morgan fingerprint density at radius 1 is 1.21 bits per heavy atom. The van der Waals surface area contributed by atoms with Gasteiger partial charge in [0.25, 0.3) is 0 Å². The molecule has 1 saturated heterocycles. The number of hydrogen-bond donors (Lipinski definition) is 1. The predicted molar refractivity (Wildman–Crippen MR) is 113 cm³/mol. The highest BCUT2D eigenvalue weighted by Crippen LogP contribution is 2.25. The van der Waals surface area contributed by atoms with E-state index in [1.165, 1.54) is 12.5 Å². The molecule has 1 amide bonds. The number of carbonyl (C=O) groups excluding carboxylic acids is 1. The maximum absolute atomic E-state index is 13.1. The minimum Gasteiger partial charge on any atom is -0.326 e. The van der Waals surface area contributed by atoms with Crippen molar-refractivity contribution in [2.45, 2.75) is 44.2 Å². The van der Waals surface area contributed by atoms with Crippen LogP contribution in [0.2, 0.25) is 0 Å². The van der Waals surface area contributed by atoms with Crippen LogP contribution in [-0.2, 0) is 21.4 Å². The van der Waals surface area contributed by atoms with E-state index < -0.39 is 10.0 Å². The first-order valence-corrected chi connectivity index (χ1v) is 11.3. The Hall–Kier alpha value is -2.29. The van der Waals surface area contributed by atoms with E-state index in [0.717, 1.165) is 25.9 Å². The van der Waals surface area contributed by atoms with Crippen molar-refractivity contribution in [3.63, 3.8) is 0 Å². The van der Waals surface area contributed by atoms with Crippen molar-refractivity contribution in [3.8, 4) is 0 Å². The maximum Gasteiger partial charge on any atom is 0.243 e. The summed E-state index contributed by atoms with van der Waals surface area (Å²) in [5.74, 6) is -0.187. The molecule has 7 nitrogen and oxygen atoms in total. The lowest BCUT2D eigenvalue weighted by Crippen LogP contribution is -2.49. The second-order valence-electron chi connectivity index (χ2n) is 7.28. The summed E-state index contributed by atoms with van der Waals surface area (Å²) < 4.78 is 27.9. The Balaban J connectivity index is 1.72. The number of anilines is 1. The van der Waals surface area contributed by atoms with Gasteiger partial charge in [0.05, 0.1) is 4.90 Å². The fourth-order valence-corrected chi connectivity index (χ4v) is 5.24. The lowest BCUT2D eigenvalue weighted by atomic mass is 10.1. The minimum absolute atomic E-state index is 0.176. The van der Waals surface area contributed by atoms with Gasteiger partial charge >= 0.3 is 0 Å². The minimum atomic E-state index is -3.57. The molecule has 0 spiro atoms. The smallest absolute Gasteiger partial charge is 0.243 e. The van der Waals surface area contributed by atoms with Crippen molar-refractivity contribution in [2.24, 2.45) is 0 Å². The van der Waals surface area contributed by atoms with E-state index in [0.29, 0.717) is 18.8 Å². The molecule has 156 valence electrons. The molecular formula is C21H28N4O3S. The van der Waals surface area contributed by atoms with Crippen molar-refractivity contribution in [1.29, 1.82) is 0 Å². The number of sulfonamides is 1. The van der Waals surface area contributed by atoms with Gasteiger partial charge < -0.3 is 5.32 Å². The summed E-state index contributed by atoms with van der Waals surface area (Å²) in [6, 6.07) is 10.5. The molecule has 1 aromatic heterocycles. The fourth-order valence-electron chi connectivity index (χ4n) is 3.72. The third-order valence-electron chi connectivity index (χ3n) is 5.23. The molecule has 1 fully saturated rings.